The normalized spacial score (nSPS) is 22.4. The summed E-state index contributed by atoms with van der Waals surface area (Å²) in [5, 5.41) is 52.9. The molecule has 1 saturated heterocycles. The zero-order valence-electron chi connectivity index (χ0n) is 29.4. The molecule has 286 valence electrons. The molecule has 8 N–H and O–H groups in total. The van der Waals surface area contributed by atoms with Crippen molar-refractivity contribution in [2.45, 2.75) is 63.2 Å². The third-order valence-electron chi connectivity index (χ3n) is 8.38. The quantitative estimate of drug-likeness (QED) is 0.0251. The van der Waals surface area contributed by atoms with Crippen LogP contribution in [-0.2, 0) is 33.8 Å². The van der Waals surface area contributed by atoms with Crippen molar-refractivity contribution in [2.75, 3.05) is 18.9 Å². The van der Waals surface area contributed by atoms with E-state index in [4.69, 9.17) is 10.5 Å². The van der Waals surface area contributed by atoms with Crippen molar-refractivity contribution in [3.8, 4) is 11.5 Å². The molecule has 6 unspecified atom stereocenters. The van der Waals surface area contributed by atoms with E-state index in [1.807, 2.05) is 4.98 Å². The minimum absolute atomic E-state index is 0. The molecule has 6 rings (SSSR count). The number of aliphatic hydroxyl groups is 5. The van der Waals surface area contributed by atoms with Crippen molar-refractivity contribution in [3.05, 3.63) is 56.8 Å². The molecule has 5 heterocycles. The largest absolute Gasteiger partial charge is 1.00 e. The number of ether oxygens (including phenoxy) is 1. The Morgan fingerprint density at radius 1 is 0.982 bits per heavy atom. The number of nitrogens with two attached hydrogens (primary N) is 1. The number of benzene rings is 1. The number of imidazole rings is 1. The summed E-state index contributed by atoms with van der Waals surface area (Å²) < 4.78 is 45.7. The van der Waals surface area contributed by atoms with Crippen LogP contribution >= 0.6 is 15.6 Å². The van der Waals surface area contributed by atoms with E-state index in [1.165, 1.54) is 15.5 Å². The van der Waals surface area contributed by atoms with Crippen LogP contribution in [-0.4, -0.2) is 114 Å². The number of phosphoric acid groups is 2. The first-order valence-electron chi connectivity index (χ1n) is 15.4. The molecule has 2 aromatic heterocycles. The molecule has 28 heteroatoms. The summed E-state index contributed by atoms with van der Waals surface area (Å²) in [7, 11) is -11.6. The first kappa shape index (κ1) is 45.6. The maximum Gasteiger partial charge on any atom is 1.00 e. The molecule has 1 fully saturated rings. The van der Waals surface area contributed by atoms with E-state index in [2.05, 4.69) is 38.3 Å². The van der Waals surface area contributed by atoms with Crippen molar-refractivity contribution < 1.29 is 122 Å². The summed E-state index contributed by atoms with van der Waals surface area (Å²) in [6.45, 7) is 0.570. The number of nitrogens with zero attached hydrogens (tertiary/aromatic N) is 7. The predicted octanol–water partition coefficient (Wildman–Crippen LogP) is -9.68. The van der Waals surface area contributed by atoms with Gasteiger partial charge in [0.2, 0.25) is 0 Å². The van der Waals surface area contributed by atoms with Crippen molar-refractivity contribution in [1.29, 1.82) is 0 Å². The molecule has 0 bridgehead atoms. The summed E-state index contributed by atoms with van der Waals surface area (Å²) in [5.74, 6) is -0.243. The van der Waals surface area contributed by atoms with Crippen LogP contribution in [0.1, 0.15) is 17.4 Å². The maximum absolute atomic E-state index is 12.5. The Labute approximate surface area is 352 Å². The average molecular weight is 834 g/mol. The Morgan fingerprint density at radius 2 is 1.65 bits per heavy atom. The van der Waals surface area contributed by atoms with Gasteiger partial charge in [0.1, 0.15) is 48.5 Å². The number of rotatable bonds is 13. The number of fused-ring (bicyclic) bond motifs is 3. The fourth-order valence-corrected chi connectivity index (χ4v) is 7.56. The van der Waals surface area contributed by atoms with E-state index in [0.29, 0.717) is 0 Å². The molecular formula is C27H31N9Na2O15P2. The molecule has 3 aromatic rings. The van der Waals surface area contributed by atoms with Gasteiger partial charge >= 0.3 is 64.8 Å². The van der Waals surface area contributed by atoms with Crippen LogP contribution in [0.5, 0.6) is 0 Å². The van der Waals surface area contributed by atoms with Crippen LogP contribution in [0.2, 0.25) is 0 Å². The Hall–Kier alpha value is -2.13. The Bertz CT molecular complexity index is 2370. The Balaban J connectivity index is 0.00000336. The topological polar surface area (TPSA) is 369 Å². The van der Waals surface area contributed by atoms with Gasteiger partial charge in [-0.15, -0.1) is 0 Å². The second-order valence-corrected chi connectivity index (χ2v) is 15.0. The van der Waals surface area contributed by atoms with E-state index in [1.54, 1.807) is 26.0 Å². The van der Waals surface area contributed by atoms with Gasteiger partial charge in [0.15, 0.2) is 29.2 Å². The predicted molar refractivity (Wildman–Crippen MR) is 172 cm³/mol. The zero-order valence-corrected chi connectivity index (χ0v) is 35.2. The van der Waals surface area contributed by atoms with Crippen LogP contribution in [0.25, 0.3) is 33.7 Å². The number of hydrogen-bond donors (Lipinski definition) is 7. The molecule has 0 spiro atoms. The third kappa shape index (κ3) is 9.78. The smallest absolute Gasteiger partial charge is 0.756 e. The number of aryl methyl sites for hydroxylation is 2. The van der Waals surface area contributed by atoms with Gasteiger partial charge in [-0.1, -0.05) is 0 Å². The maximum atomic E-state index is 12.5. The zero-order chi connectivity index (χ0) is 38.6. The van der Waals surface area contributed by atoms with E-state index < -0.39 is 89.5 Å². The average Bonchev–Trinajstić information content (AvgIpc) is 3.63. The van der Waals surface area contributed by atoms with Gasteiger partial charge < -0.3 is 59.4 Å². The second-order valence-electron chi connectivity index (χ2n) is 12.0. The summed E-state index contributed by atoms with van der Waals surface area (Å²) in [5.41, 5.74) is 5.97. The van der Waals surface area contributed by atoms with Crippen LogP contribution in [0.15, 0.2) is 34.4 Å². The van der Waals surface area contributed by atoms with Gasteiger partial charge in [-0.05, 0) is 37.1 Å². The monoisotopic (exact) mass is 834 g/mol. The number of phosphoric ester groups is 2. The summed E-state index contributed by atoms with van der Waals surface area (Å²) in [6, 6.07) is 3.27. The molecule has 3 aliphatic heterocycles. The van der Waals surface area contributed by atoms with E-state index >= 15 is 0 Å². The Morgan fingerprint density at radius 3 is 2.36 bits per heavy atom. The second kappa shape index (κ2) is 17.8. The number of aliphatic hydroxyl groups excluding tert-OH is 5. The number of H-pyrrole nitrogens is 1. The van der Waals surface area contributed by atoms with Gasteiger partial charge in [0, 0.05) is 0 Å². The fourth-order valence-electron chi connectivity index (χ4n) is 5.54. The number of nitrogens with one attached hydrogen (secondary N) is 1. The van der Waals surface area contributed by atoms with Gasteiger partial charge in [-0.3, -0.25) is 23.5 Å². The number of aromatic nitrogens is 8. The Kier molecular flexibility index (Phi) is 14.7. The van der Waals surface area contributed by atoms with Crippen LogP contribution in [0.4, 0.5) is 5.82 Å². The van der Waals surface area contributed by atoms with Crippen LogP contribution < -0.4 is 85.9 Å². The minimum atomic E-state index is -5.85. The summed E-state index contributed by atoms with van der Waals surface area (Å²) in [6.07, 6.45) is -10.3. The van der Waals surface area contributed by atoms with Crippen molar-refractivity contribution in [1.82, 2.24) is 39.0 Å². The SMILES string of the molecule is Cc1cc2nc3c(=O)[nH]c(=O)nc-3n(C[C@@H](O)[C@@H](O)[C@@H](O)COP(=O)([O-])OP(=O)([O-])O[13CH2][13CH]3O[13CH](n4cnc5c(N)ncnc54)[13CH](O)[13CH]3O)c2cc1C.[Na+].[Na+]. The molecule has 0 radical (unpaired) electrons. The standard InChI is InChI=1S/C27H33N9O15P2.2Na/c1-10-3-12-13(4-11(10)2)35(24-18(32-12)25(42)34-27(43)33-24)5-14(37)19(39)15(38)6-48-52(44,45)51-53(46,47)49-7-16-20(40)21(41)26(50-16)36-9-31-17-22(28)29-8-30-23(17)36;;/h3-4,8-9,14-16,19-21,26,37-41H,5-7H2,1-2H3,(H,44,45)(H,46,47)(H2,28,29,30)(H,34,42,43);;/q;2*+1/p-2/t14-,15+,16?,19-,20?,21?,26?;;/m1../s1/i7+1,16+1,20+1,21+1,26+1;;. The van der Waals surface area contributed by atoms with Crippen LogP contribution in [0, 0.1) is 13.8 Å². The van der Waals surface area contributed by atoms with Crippen molar-refractivity contribution in [3.63, 3.8) is 0 Å². The minimum Gasteiger partial charge on any atom is -0.756 e. The molecule has 0 amide bonds. The number of hydrogen-bond acceptors (Lipinski definition) is 21. The molecule has 1 aromatic carbocycles. The molecule has 24 nitrogen and oxygen atoms in total. The number of aromatic amines is 1. The van der Waals surface area contributed by atoms with Crippen LogP contribution in [0.3, 0.4) is 0 Å². The molecular weight excluding hydrogens is 803 g/mol. The van der Waals surface area contributed by atoms with Gasteiger partial charge in [0.05, 0.1) is 37.1 Å². The van der Waals surface area contributed by atoms with Gasteiger partial charge in [-0.2, -0.15) is 4.98 Å². The number of anilines is 1. The van der Waals surface area contributed by atoms with E-state index in [0.717, 1.165) is 17.5 Å². The number of nitrogen functional groups attached to an aromatic ring is 1. The third-order valence-corrected chi connectivity index (χ3v) is 10.9. The fraction of sp³-hybridized carbons (Fsp3) is 0.444. The molecule has 0 saturated carbocycles. The first-order chi connectivity index (χ1) is 24.9. The van der Waals surface area contributed by atoms with E-state index in [9.17, 15) is 54.0 Å². The summed E-state index contributed by atoms with van der Waals surface area (Å²) in [4.78, 5) is 71.1. The summed E-state index contributed by atoms with van der Waals surface area (Å²) >= 11 is 0. The molecule has 55 heavy (non-hydrogen) atoms. The van der Waals surface area contributed by atoms with Crippen molar-refractivity contribution >= 4 is 43.7 Å². The van der Waals surface area contributed by atoms with Gasteiger partial charge in [-0.25, -0.2) is 29.0 Å². The molecule has 9 atom stereocenters. The first-order valence-corrected chi connectivity index (χ1v) is 18.3. The van der Waals surface area contributed by atoms with Crippen molar-refractivity contribution in [2.24, 2.45) is 0 Å². The van der Waals surface area contributed by atoms with E-state index in [-0.39, 0.29) is 98.6 Å². The van der Waals surface area contributed by atoms with Gasteiger partial charge in [0.25, 0.3) is 21.2 Å². The molecule has 3 aliphatic rings. The molecule has 0 aliphatic carbocycles.